The molecule has 1 aliphatic rings. The molecule has 1 aliphatic heterocycles. The number of nitrogens with zero attached hydrogens (tertiary/aromatic N) is 3. The number of hydrogen-bond donors (Lipinski definition) is 1. The summed E-state index contributed by atoms with van der Waals surface area (Å²) in [6.45, 7) is 5.31. The Kier molecular flexibility index (Phi) is 3.26. The second-order valence-electron chi connectivity index (χ2n) is 4.78. The monoisotopic (exact) mass is 235 g/mol. The number of carbonyl (C=O) groups is 1. The van der Waals surface area contributed by atoms with Crippen molar-refractivity contribution in [2.75, 3.05) is 18.0 Å². The van der Waals surface area contributed by atoms with Gasteiger partial charge in [-0.05, 0) is 25.3 Å². The number of anilines is 1. The zero-order chi connectivity index (χ0) is 12.4. The van der Waals surface area contributed by atoms with Crippen LogP contribution in [0, 0.1) is 18.8 Å². The van der Waals surface area contributed by atoms with E-state index in [2.05, 4.69) is 16.9 Å². The average molecular weight is 235 g/mol. The molecule has 0 amide bonds. The molecule has 0 aliphatic carbocycles. The minimum absolute atomic E-state index is 0.317. The lowest BCUT2D eigenvalue weighted by atomic mass is 9.91. The molecule has 1 saturated heterocycles. The Labute approximate surface area is 100 Å². The third-order valence-corrected chi connectivity index (χ3v) is 3.07. The van der Waals surface area contributed by atoms with Crippen molar-refractivity contribution in [3.63, 3.8) is 0 Å². The highest BCUT2D eigenvalue weighted by Gasteiger charge is 2.30. The van der Waals surface area contributed by atoms with Crippen LogP contribution >= 0.6 is 0 Å². The maximum atomic E-state index is 11.1. The van der Waals surface area contributed by atoms with E-state index in [-0.39, 0.29) is 5.92 Å². The number of aryl methyl sites for hydroxylation is 1. The fourth-order valence-electron chi connectivity index (χ4n) is 2.28. The summed E-state index contributed by atoms with van der Waals surface area (Å²) >= 11 is 0. The number of aromatic nitrogens is 2. The van der Waals surface area contributed by atoms with Crippen LogP contribution in [0.1, 0.15) is 19.0 Å². The Bertz CT molecular complexity index is 422. The molecule has 1 aromatic heterocycles. The Morgan fingerprint density at radius 2 is 2.29 bits per heavy atom. The summed E-state index contributed by atoms with van der Waals surface area (Å²) < 4.78 is 0. The summed E-state index contributed by atoms with van der Waals surface area (Å²) in [4.78, 5) is 21.6. The SMILES string of the molecule is Cc1ccnc(N2CC(C)CC(C(=O)O)C2)n1. The molecule has 0 aromatic carbocycles. The van der Waals surface area contributed by atoms with E-state index in [9.17, 15) is 4.79 Å². The van der Waals surface area contributed by atoms with Crippen LogP contribution in [0.15, 0.2) is 12.3 Å². The Hall–Kier alpha value is -1.65. The minimum Gasteiger partial charge on any atom is -0.481 e. The molecule has 0 bridgehead atoms. The quantitative estimate of drug-likeness (QED) is 0.837. The van der Waals surface area contributed by atoms with Crippen LogP contribution in [0.25, 0.3) is 0 Å². The number of carboxylic acids is 1. The number of aliphatic carboxylic acids is 1. The first-order valence-electron chi connectivity index (χ1n) is 5.83. The van der Waals surface area contributed by atoms with E-state index in [0.29, 0.717) is 18.4 Å². The fourth-order valence-corrected chi connectivity index (χ4v) is 2.28. The normalized spacial score (nSPS) is 24.7. The van der Waals surface area contributed by atoms with E-state index < -0.39 is 5.97 Å². The summed E-state index contributed by atoms with van der Waals surface area (Å²) in [6.07, 6.45) is 2.45. The summed E-state index contributed by atoms with van der Waals surface area (Å²) in [5.74, 6) is -0.0474. The van der Waals surface area contributed by atoms with E-state index in [1.165, 1.54) is 0 Å². The van der Waals surface area contributed by atoms with Crippen molar-refractivity contribution >= 4 is 11.9 Å². The van der Waals surface area contributed by atoms with Gasteiger partial charge in [-0.3, -0.25) is 4.79 Å². The molecular weight excluding hydrogens is 218 g/mol. The predicted octanol–water partition coefficient (Wildman–Crippen LogP) is 1.33. The topological polar surface area (TPSA) is 66.3 Å². The maximum Gasteiger partial charge on any atom is 0.308 e. The van der Waals surface area contributed by atoms with E-state index >= 15 is 0 Å². The van der Waals surface area contributed by atoms with Gasteiger partial charge in [0.2, 0.25) is 5.95 Å². The summed E-state index contributed by atoms with van der Waals surface area (Å²) in [6, 6.07) is 1.84. The molecule has 1 aromatic rings. The molecule has 1 fully saturated rings. The summed E-state index contributed by atoms with van der Waals surface area (Å²) in [7, 11) is 0. The second kappa shape index (κ2) is 4.69. The first-order chi connectivity index (χ1) is 8.06. The van der Waals surface area contributed by atoms with Crippen LogP contribution in [0.5, 0.6) is 0 Å². The van der Waals surface area contributed by atoms with Gasteiger partial charge in [0.25, 0.3) is 0 Å². The molecular formula is C12H17N3O2. The first kappa shape index (κ1) is 11.8. The minimum atomic E-state index is -0.728. The van der Waals surface area contributed by atoms with Gasteiger partial charge in [-0.25, -0.2) is 9.97 Å². The number of hydrogen-bond acceptors (Lipinski definition) is 4. The van der Waals surface area contributed by atoms with Gasteiger partial charge in [0.15, 0.2) is 0 Å². The molecule has 2 atom stereocenters. The van der Waals surface area contributed by atoms with Crippen molar-refractivity contribution in [1.82, 2.24) is 9.97 Å². The van der Waals surface area contributed by atoms with E-state index in [4.69, 9.17) is 5.11 Å². The molecule has 5 heteroatoms. The molecule has 2 unspecified atom stereocenters. The zero-order valence-electron chi connectivity index (χ0n) is 10.1. The predicted molar refractivity (Wildman–Crippen MR) is 63.9 cm³/mol. The lowest BCUT2D eigenvalue weighted by molar-refractivity contribution is -0.142. The Balaban J connectivity index is 2.18. The average Bonchev–Trinajstić information content (AvgIpc) is 2.28. The van der Waals surface area contributed by atoms with Crippen LogP contribution in [-0.2, 0) is 4.79 Å². The van der Waals surface area contributed by atoms with Crippen molar-refractivity contribution in [3.8, 4) is 0 Å². The van der Waals surface area contributed by atoms with Crippen LogP contribution in [-0.4, -0.2) is 34.1 Å². The smallest absolute Gasteiger partial charge is 0.308 e. The van der Waals surface area contributed by atoms with Crippen LogP contribution in [0.2, 0.25) is 0 Å². The molecule has 17 heavy (non-hydrogen) atoms. The van der Waals surface area contributed by atoms with Crippen molar-refractivity contribution < 1.29 is 9.90 Å². The van der Waals surface area contributed by atoms with Crippen LogP contribution in [0.4, 0.5) is 5.95 Å². The number of piperidine rings is 1. The summed E-state index contributed by atoms with van der Waals surface area (Å²) in [5, 5.41) is 9.11. The molecule has 0 spiro atoms. The van der Waals surface area contributed by atoms with Crippen LogP contribution in [0.3, 0.4) is 0 Å². The number of carboxylic acid groups (broad SMARTS) is 1. The standard InChI is InChI=1S/C12H17N3O2/c1-8-5-10(11(16)17)7-15(6-8)12-13-4-3-9(2)14-12/h3-4,8,10H,5-7H2,1-2H3,(H,16,17). The molecule has 0 radical (unpaired) electrons. The zero-order valence-corrected chi connectivity index (χ0v) is 10.1. The van der Waals surface area contributed by atoms with Crippen molar-refractivity contribution in [3.05, 3.63) is 18.0 Å². The van der Waals surface area contributed by atoms with Gasteiger partial charge in [-0.15, -0.1) is 0 Å². The lowest BCUT2D eigenvalue weighted by Gasteiger charge is -2.34. The maximum absolute atomic E-state index is 11.1. The van der Waals surface area contributed by atoms with Crippen molar-refractivity contribution in [2.24, 2.45) is 11.8 Å². The second-order valence-corrected chi connectivity index (χ2v) is 4.78. The molecule has 1 N–H and O–H groups in total. The van der Waals surface area contributed by atoms with E-state index in [0.717, 1.165) is 18.7 Å². The highest BCUT2D eigenvalue weighted by atomic mass is 16.4. The third kappa shape index (κ3) is 2.72. The van der Waals surface area contributed by atoms with E-state index in [1.54, 1.807) is 6.20 Å². The van der Waals surface area contributed by atoms with Gasteiger partial charge in [-0.1, -0.05) is 6.92 Å². The van der Waals surface area contributed by atoms with Gasteiger partial charge in [0, 0.05) is 25.0 Å². The van der Waals surface area contributed by atoms with Gasteiger partial charge < -0.3 is 10.0 Å². The third-order valence-electron chi connectivity index (χ3n) is 3.07. The Morgan fingerprint density at radius 3 is 2.94 bits per heavy atom. The molecule has 2 rings (SSSR count). The molecule has 92 valence electrons. The van der Waals surface area contributed by atoms with Gasteiger partial charge >= 0.3 is 5.97 Å². The first-order valence-corrected chi connectivity index (χ1v) is 5.83. The van der Waals surface area contributed by atoms with Crippen LogP contribution < -0.4 is 4.90 Å². The Morgan fingerprint density at radius 1 is 1.53 bits per heavy atom. The van der Waals surface area contributed by atoms with Gasteiger partial charge in [0.1, 0.15) is 0 Å². The lowest BCUT2D eigenvalue weighted by Crippen LogP contribution is -2.43. The highest BCUT2D eigenvalue weighted by Crippen LogP contribution is 2.24. The van der Waals surface area contributed by atoms with Gasteiger partial charge in [-0.2, -0.15) is 0 Å². The largest absolute Gasteiger partial charge is 0.481 e. The molecule has 0 saturated carbocycles. The molecule has 5 nitrogen and oxygen atoms in total. The molecule has 2 heterocycles. The van der Waals surface area contributed by atoms with Gasteiger partial charge in [0.05, 0.1) is 5.92 Å². The van der Waals surface area contributed by atoms with Crippen molar-refractivity contribution in [2.45, 2.75) is 20.3 Å². The van der Waals surface area contributed by atoms with Crippen molar-refractivity contribution in [1.29, 1.82) is 0 Å². The number of rotatable bonds is 2. The fraction of sp³-hybridized carbons (Fsp3) is 0.583. The summed E-state index contributed by atoms with van der Waals surface area (Å²) in [5.41, 5.74) is 0.903. The van der Waals surface area contributed by atoms with E-state index in [1.807, 2.05) is 17.9 Å². The highest BCUT2D eigenvalue weighted by molar-refractivity contribution is 5.71.